The Labute approximate surface area is 409 Å². The van der Waals surface area contributed by atoms with Gasteiger partial charge in [-0.25, -0.2) is 19.6 Å². The van der Waals surface area contributed by atoms with Gasteiger partial charge in [-0.3, -0.25) is 0 Å². The molecular formula is C55H51IN2O10. The number of pyridine rings is 2. The van der Waals surface area contributed by atoms with Crippen LogP contribution in [-0.4, -0.2) is 50.3 Å². The van der Waals surface area contributed by atoms with Crippen LogP contribution in [0.3, 0.4) is 0 Å². The van der Waals surface area contributed by atoms with Crippen molar-refractivity contribution in [3.8, 4) is 22.6 Å². The van der Waals surface area contributed by atoms with Crippen LogP contribution in [0.25, 0.3) is 32.9 Å². The van der Waals surface area contributed by atoms with Crippen molar-refractivity contribution < 1.29 is 47.5 Å². The number of hydrogen-bond acceptors (Lipinski definition) is 12. The summed E-state index contributed by atoms with van der Waals surface area (Å²) in [5, 5.41) is 2.21. The highest BCUT2D eigenvalue weighted by Crippen LogP contribution is 2.36. The van der Waals surface area contributed by atoms with Gasteiger partial charge in [0.2, 0.25) is 12.6 Å². The molecule has 2 aromatic heterocycles. The third-order valence-corrected chi connectivity index (χ3v) is 12.0. The lowest BCUT2D eigenvalue weighted by atomic mass is 9.98. The van der Waals surface area contributed by atoms with Crippen molar-refractivity contribution >= 4 is 56.3 Å². The molecular weight excluding hydrogens is 976 g/mol. The van der Waals surface area contributed by atoms with Gasteiger partial charge in [0, 0.05) is 36.6 Å². The molecule has 10 rings (SSSR count). The number of ether oxygens (including phenoxy) is 8. The molecule has 2 unspecified atom stereocenters. The van der Waals surface area contributed by atoms with Crippen molar-refractivity contribution in [3.63, 3.8) is 0 Å². The van der Waals surface area contributed by atoms with Crippen molar-refractivity contribution in [3.05, 3.63) is 200 Å². The van der Waals surface area contributed by atoms with E-state index in [4.69, 9.17) is 43.1 Å². The largest absolute Gasteiger partial charge is 0.496 e. The number of hydrogen-bond donors (Lipinski definition) is 0. The van der Waals surface area contributed by atoms with Gasteiger partial charge in [0.1, 0.15) is 22.9 Å². The molecule has 0 N–H and O–H groups in total. The molecule has 13 heteroatoms. The first-order chi connectivity index (χ1) is 32.8. The first-order valence-electron chi connectivity index (χ1n) is 21.3. The number of esters is 2. The second kappa shape index (κ2) is 23.3. The molecule has 0 saturated heterocycles. The maximum absolute atomic E-state index is 12.2. The Morgan fingerprint density at radius 2 is 1.04 bits per heavy atom. The molecule has 68 heavy (non-hydrogen) atoms. The van der Waals surface area contributed by atoms with Gasteiger partial charge >= 0.3 is 11.9 Å². The van der Waals surface area contributed by atoms with E-state index in [2.05, 4.69) is 45.5 Å². The van der Waals surface area contributed by atoms with E-state index in [9.17, 15) is 9.59 Å². The van der Waals surface area contributed by atoms with E-state index in [-0.39, 0.29) is 26.0 Å². The molecule has 2 aliphatic heterocycles. The number of aromatic nitrogens is 2. The van der Waals surface area contributed by atoms with Gasteiger partial charge in [-0.1, -0.05) is 98.4 Å². The van der Waals surface area contributed by atoms with E-state index in [1.165, 1.54) is 14.2 Å². The minimum absolute atomic E-state index is 0. The lowest BCUT2D eigenvalue weighted by Crippen LogP contribution is -2.06. The van der Waals surface area contributed by atoms with Crippen molar-refractivity contribution in [1.82, 2.24) is 9.97 Å². The van der Waals surface area contributed by atoms with Gasteiger partial charge in [-0.2, -0.15) is 0 Å². The van der Waals surface area contributed by atoms with E-state index >= 15 is 0 Å². The van der Waals surface area contributed by atoms with Crippen molar-refractivity contribution in [2.45, 2.75) is 46.4 Å². The smallest absolute Gasteiger partial charge is 0.338 e. The summed E-state index contributed by atoms with van der Waals surface area (Å²) in [6.45, 7) is 1.67. The summed E-state index contributed by atoms with van der Waals surface area (Å²) >= 11 is 2.10. The molecule has 6 aromatic carbocycles. The quantitative estimate of drug-likeness (QED) is 0.0902. The van der Waals surface area contributed by atoms with Gasteiger partial charge in [0.25, 0.3) is 0 Å². The zero-order chi connectivity index (χ0) is 46.7. The Bertz CT molecular complexity index is 3030. The van der Waals surface area contributed by atoms with Crippen LogP contribution < -0.4 is 9.47 Å². The van der Waals surface area contributed by atoms with Gasteiger partial charge in [-0.05, 0) is 94.4 Å². The second-order valence-electron chi connectivity index (χ2n) is 15.2. The Hall–Kier alpha value is -6.75. The third-order valence-electron chi connectivity index (χ3n) is 11.1. The second-order valence-corrected chi connectivity index (χ2v) is 16.4. The minimum atomic E-state index is -0.555. The van der Waals surface area contributed by atoms with Crippen LogP contribution in [0.5, 0.6) is 11.5 Å². The van der Waals surface area contributed by atoms with E-state index in [0.717, 1.165) is 75.9 Å². The van der Waals surface area contributed by atoms with Crippen LogP contribution in [0.4, 0.5) is 0 Å². The molecule has 348 valence electrons. The van der Waals surface area contributed by atoms with Crippen LogP contribution in [0, 0.1) is 3.57 Å². The standard InChI is InChI=1S/C27H23NO5.C19H17NO3.C8H7IO2.CH4/c1-30-24-12-11-17(21-8-4-5-9-22(21)26(29)31-2)13-19(24)15-32-27-25-20(16-33-27)14-18-7-3-6-10-23(18)28-25;1-21-17-9-5-3-7-14(17)11-22-19-18-15(12-23-19)10-13-6-2-4-8-16(13)20-18;1-11-8(10)6-4-2-3-5-7(6)9;/h3-14,27H,15-16H2,1-2H3;2-10,19H,11-12H2,1H3;2-5H,1H3;1H4. The van der Waals surface area contributed by atoms with Gasteiger partial charge in [0.05, 0.1) is 77.0 Å². The van der Waals surface area contributed by atoms with Crippen LogP contribution in [0.2, 0.25) is 0 Å². The Morgan fingerprint density at radius 1 is 0.559 bits per heavy atom. The first-order valence-corrected chi connectivity index (χ1v) is 22.4. The average Bonchev–Trinajstić information content (AvgIpc) is 3.98. The molecule has 0 radical (unpaired) electrons. The number of carbonyl (C=O) groups excluding carboxylic acids is 2. The zero-order valence-electron chi connectivity index (χ0n) is 37.3. The molecule has 0 bridgehead atoms. The fourth-order valence-corrected chi connectivity index (χ4v) is 8.31. The normalized spacial score (nSPS) is 14.2. The highest BCUT2D eigenvalue weighted by molar-refractivity contribution is 14.1. The number of fused-ring (bicyclic) bond motifs is 4. The Morgan fingerprint density at radius 3 is 1.63 bits per heavy atom. The number of rotatable bonds is 11. The lowest BCUT2D eigenvalue weighted by molar-refractivity contribution is -0.147. The highest BCUT2D eigenvalue weighted by atomic mass is 127. The molecule has 12 nitrogen and oxygen atoms in total. The fourth-order valence-electron chi connectivity index (χ4n) is 7.70. The fraction of sp³-hybridized carbons (Fsp3) is 0.200. The molecule has 0 amide bonds. The van der Waals surface area contributed by atoms with Gasteiger partial charge in [0.15, 0.2) is 0 Å². The van der Waals surface area contributed by atoms with Crippen LogP contribution in [-0.2, 0) is 54.8 Å². The Kier molecular flexibility index (Phi) is 16.9. The molecule has 0 saturated carbocycles. The van der Waals surface area contributed by atoms with Crippen LogP contribution in [0.15, 0.2) is 152 Å². The maximum Gasteiger partial charge on any atom is 0.338 e. The summed E-state index contributed by atoms with van der Waals surface area (Å²) in [5.41, 5.74) is 10.3. The number of carbonyl (C=O) groups is 2. The number of benzene rings is 6. The highest BCUT2D eigenvalue weighted by Gasteiger charge is 2.28. The van der Waals surface area contributed by atoms with E-state index in [0.29, 0.717) is 36.7 Å². The zero-order valence-corrected chi connectivity index (χ0v) is 39.4. The molecule has 4 heterocycles. The Balaban J connectivity index is 0.000000169. The number of nitrogens with zero attached hydrogens (tertiary/aromatic N) is 2. The predicted octanol–water partition coefficient (Wildman–Crippen LogP) is 12.1. The molecule has 8 aromatic rings. The topological polar surface area (TPSA) is 134 Å². The van der Waals surface area contributed by atoms with Crippen LogP contribution >= 0.6 is 22.6 Å². The SMILES string of the molecule is C.COC(=O)c1ccccc1-c1ccc(OC)c(COC2OCc3cc4ccccc4nc32)c1.COC(=O)c1ccccc1I.COc1ccccc1COC1OCc2cc3ccccc3nc21. The van der Waals surface area contributed by atoms with E-state index < -0.39 is 12.6 Å². The predicted molar refractivity (Wildman–Crippen MR) is 268 cm³/mol. The molecule has 2 atom stereocenters. The van der Waals surface area contributed by atoms with E-state index in [1.807, 2.05) is 121 Å². The molecule has 0 spiro atoms. The van der Waals surface area contributed by atoms with Crippen molar-refractivity contribution in [2.24, 2.45) is 0 Å². The summed E-state index contributed by atoms with van der Waals surface area (Å²) in [4.78, 5) is 32.7. The molecule has 2 aliphatic rings. The maximum atomic E-state index is 12.2. The summed E-state index contributed by atoms with van der Waals surface area (Å²) in [5.74, 6) is 0.847. The summed E-state index contributed by atoms with van der Waals surface area (Å²) < 4.78 is 45.1. The minimum Gasteiger partial charge on any atom is -0.496 e. The number of para-hydroxylation sites is 3. The summed E-state index contributed by atoms with van der Waals surface area (Å²) in [6, 6.07) is 48.5. The van der Waals surface area contributed by atoms with Gasteiger partial charge in [-0.15, -0.1) is 0 Å². The first kappa shape index (κ1) is 49.2. The van der Waals surface area contributed by atoms with Crippen molar-refractivity contribution in [2.75, 3.05) is 28.4 Å². The molecule has 0 aliphatic carbocycles. The summed E-state index contributed by atoms with van der Waals surface area (Å²) in [6.07, 6.45) is -0.986. The number of methoxy groups -OCH3 is 4. The van der Waals surface area contributed by atoms with Crippen molar-refractivity contribution in [1.29, 1.82) is 0 Å². The van der Waals surface area contributed by atoms with Gasteiger partial charge < -0.3 is 37.9 Å². The number of halogens is 1. The third kappa shape index (κ3) is 11.3. The monoisotopic (exact) mass is 1030 g/mol. The van der Waals surface area contributed by atoms with Crippen LogP contribution in [0.1, 0.15) is 74.4 Å². The summed E-state index contributed by atoms with van der Waals surface area (Å²) in [7, 11) is 6.04. The average molecular weight is 1030 g/mol. The lowest BCUT2D eigenvalue weighted by Gasteiger charge is -2.16. The molecule has 0 fully saturated rings. The van der Waals surface area contributed by atoms with E-state index in [1.54, 1.807) is 26.4 Å².